The molecule has 0 bridgehead atoms. The van der Waals surface area contributed by atoms with Crippen LogP contribution in [0.1, 0.15) is 5.56 Å². The van der Waals surface area contributed by atoms with Crippen molar-refractivity contribution in [2.45, 2.75) is 0 Å². The lowest BCUT2D eigenvalue weighted by Crippen LogP contribution is -2.54. The zero-order valence-corrected chi connectivity index (χ0v) is 21.5. The lowest BCUT2D eigenvalue weighted by molar-refractivity contribution is -0.122. The van der Waals surface area contributed by atoms with Gasteiger partial charge in [-0.05, 0) is 85.0 Å². The van der Waals surface area contributed by atoms with Crippen molar-refractivity contribution in [3.63, 3.8) is 0 Å². The topological polar surface area (TPSA) is 63.6 Å². The molecule has 37 heavy (non-hydrogen) atoms. The Morgan fingerprint density at radius 2 is 1.43 bits per heavy atom. The quantitative estimate of drug-likeness (QED) is 0.177. The number of anilines is 1. The number of carbonyl (C=O) groups is 2. The van der Waals surface area contributed by atoms with Crippen LogP contribution in [0.25, 0.3) is 11.8 Å². The fraction of sp³-hybridized carbons (Fsp3) is 0. The van der Waals surface area contributed by atoms with Crippen LogP contribution in [0.3, 0.4) is 0 Å². The maximum atomic E-state index is 13.5. The highest BCUT2D eigenvalue weighted by Gasteiger charge is 2.34. The number of nitrogens with zero attached hydrogens (tertiary/aromatic N) is 2. The molecule has 182 valence electrons. The third-order valence-corrected chi connectivity index (χ3v) is 6.53. The van der Waals surface area contributed by atoms with Gasteiger partial charge in [-0.1, -0.05) is 48.1 Å². The van der Waals surface area contributed by atoms with Crippen LogP contribution in [0.15, 0.2) is 103 Å². The van der Waals surface area contributed by atoms with E-state index in [1.807, 2.05) is 42.5 Å². The Morgan fingerprint density at radius 3 is 2.14 bits per heavy atom. The van der Waals surface area contributed by atoms with Gasteiger partial charge in [-0.2, -0.15) is 0 Å². The number of halogens is 1. The second kappa shape index (κ2) is 10.5. The first-order valence-electron chi connectivity index (χ1n) is 11.1. The van der Waals surface area contributed by atoms with E-state index < -0.39 is 11.8 Å². The third-order valence-electron chi connectivity index (χ3n) is 5.56. The first kappa shape index (κ1) is 24.6. The van der Waals surface area contributed by atoms with Gasteiger partial charge in [0.1, 0.15) is 21.7 Å². The van der Waals surface area contributed by atoms with Crippen LogP contribution in [0.2, 0.25) is 5.02 Å². The van der Waals surface area contributed by atoms with E-state index in [1.54, 1.807) is 59.3 Å². The molecule has 1 N–H and O–H groups in total. The van der Waals surface area contributed by atoms with E-state index >= 15 is 0 Å². The van der Waals surface area contributed by atoms with Crippen LogP contribution in [0, 0.1) is 4.64 Å². The number of benzene rings is 3. The zero-order valence-electron chi connectivity index (χ0n) is 19.1. The molecule has 4 aromatic rings. The van der Waals surface area contributed by atoms with Crippen molar-refractivity contribution in [3.8, 4) is 17.2 Å². The van der Waals surface area contributed by atoms with Crippen molar-refractivity contribution < 1.29 is 14.3 Å². The molecule has 1 fully saturated rings. The molecule has 1 saturated heterocycles. The molecule has 0 unspecified atom stereocenters. The molecular weight excluding hydrogens is 526 g/mol. The Kier molecular flexibility index (Phi) is 6.96. The van der Waals surface area contributed by atoms with Gasteiger partial charge in [-0.3, -0.25) is 19.8 Å². The number of pyridine rings is 1. The van der Waals surface area contributed by atoms with Gasteiger partial charge in [0.2, 0.25) is 0 Å². The summed E-state index contributed by atoms with van der Waals surface area (Å²) >= 11 is 17.0. The summed E-state index contributed by atoms with van der Waals surface area (Å²) in [4.78, 5) is 27.5. The molecule has 9 heteroatoms. The van der Waals surface area contributed by atoms with Gasteiger partial charge < -0.3 is 9.30 Å². The van der Waals surface area contributed by atoms with Gasteiger partial charge in [0.15, 0.2) is 5.11 Å². The number of thiocarbonyl (C=S) groups is 1. The lowest BCUT2D eigenvalue weighted by Gasteiger charge is -2.29. The monoisotopic (exact) mass is 543 g/mol. The molecule has 1 aliphatic rings. The highest BCUT2D eigenvalue weighted by molar-refractivity contribution is 7.80. The number of hydrogen-bond donors (Lipinski definition) is 1. The summed E-state index contributed by atoms with van der Waals surface area (Å²) in [5.74, 6) is 0.140. The first-order chi connectivity index (χ1) is 17.9. The normalized spacial score (nSPS) is 14.6. The SMILES string of the molecule is O=C1NC(=S)N(c2ccc(Oc3ccccc3)cc2)C(=O)/C1=C/c1cccn(-c2ccc(Cl)cc2)c1=S. The Bertz CT molecular complexity index is 1600. The molecule has 2 amide bonds. The predicted octanol–water partition coefficient (Wildman–Crippen LogP) is 6.48. The minimum absolute atomic E-state index is 0.00763. The Hall–Kier alpha value is -4.11. The molecule has 0 aliphatic carbocycles. The molecule has 3 aromatic carbocycles. The minimum atomic E-state index is -0.591. The molecule has 6 nitrogen and oxygen atoms in total. The molecule has 1 aliphatic heterocycles. The molecule has 2 heterocycles. The summed E-state index contributed by atoms with van der Waals surface area (Å²) < 4.78 is 8.03. The molecule has 1 aromatic heterocycles. The predicted molar refractivity (Wildman–Crippen MR) is 151 cm³/mol. The van der Waals surface area contributed by atoms with Gasteiger partial charge in [0.05, 0.1) is 5.69 Å². The smallest absolute Gasteiger partial charge is 0.270 e. The van der Waals surface area contributed by atoms with Gasteiger partial charge >= 0.3 is 0 Å². The molecule has 5 rings (SSSR count). The molecule has 0 radical (unpaired) electrons. The number of para-hydroxylation sites is 1. The first-order valence-corrected chi connectivity index (χ1v) is 12.3. The number of carbonyl (C=O) groups excluding carboxylic acids is 2. The maximum Gasteiger partial charge on any atom is 0.270 e. The number of ether oxygens (including phenoxy) is 1. The number of hydrogen-bond acceptors (Lipinski definition) is 5. The average Bonchev–Trinajstić information content (AvgIpc) is 2.89. The average molecular weight is 544 g/mol. The Labute approximate surface area is 228 Å². The third kappa shape index (κ3) is 5.22. The van der Waals surface area contributed by atoms with E-state index in [2.05, 4.69) is 5.32 Å². The summed E-state index contributed by atoms with van der Waals surface area (Å²) in [6.07, 6.45) is 3.28. The van der Waals surface area contributed by atoms with E-state index in [9.17, 15) is 9.59 Å². The largest absolute Gasteiger partial charge is 0.457 e. The van der Waals surface area contributed by atoms with Crippen molar-refractivity contribution in [2.24, 2.45) is 0 Å². The van der Waals surface area contributed by atoms with Crippen LogP contribution >= 0.6 is 36.0 Å². The maximum absolute atomic E-state index is 13.5. The van der Waals surface area contributed by atoms with Crippen molar-refractivity contribution in [1.82, 2.24) is 9.88 Å². The summed E-state index contributed by atoms with van der Waals surface area (Å²) in [6, 6.07) is 26.9. The highest BCUT2D eigenvalue weighted by Crippen LogP contribution is 2.27. The van der Waals surface area contributed by atoms with Crippen LogP contribution in [-0.2, 0) is 9.59 Å². The Morgan fingerprint density at radius 1 is 0.784 bits per heavy atom. The van der Waals surface area contributed by atoms with Gasteiger partial charge in [0, 0.05) is 22.5 Å². The summed E-state index contributed by atoms with van der Waals surface area (Å²) in [5, 5.41) is 3.20. The van der Waals surface area contributed by atoms with Gasteiger partial charge in [-0.15, -0.1) is 0 Å². The van der Waals surface area contributed by atoms with E-state index in [0.717, 1.165) is 5.69 Å². The number of aromatic nitrogens is 1. The van der Waals surface area contributed by atoms with E-state index in [1.165, 1.54) is 11.0 Å². The van der Waals surface area contributed by atoms with Crippen LogP contribution in [-0.4, -0.2) is 21.5 Å². The van der Waals surface area contributed by atoms with Crippen LogP contribution < -0.4 is 15.0 Å². The molecule has 0 spiro atoms. The van der Waals surface area contributed by atoms with E-state index in [0.29, 0.717) is 32.4 Å². The van der Waals surface area contributed by atoms with Crippen molar-refractivity contribution in [2.75, 3.05) is 4.90 Å². The standard InChI is InChI=1S/C28H18ClN3O3S2/c29-19-8-10-20(11-9-19)31-16-4-5-18(27(31)36)17-24-25(33)30-28(37)32(26(24)34)21-12-14-23(15-13-21)35-22-6-2-1-3-7-22/h1-17H,(H,30,33,37)/b24-17+. The number of amides is 2. The molecule has 0 saturated carbocycles. The van der Waals surface area contributed by atoms with Gasteiger partial charge in [0.25, 0.3) is 11.8 Å². The highest BCUT2D eigenvalue weighted by atomic mass is 35.5. The summed E-state index contributed by atoms with van der Waals surface area (Å²) in [6.45, 7) is 0. The van der Waals surface area contributed by atoms with Crippen molar-refractivity contribution in [1.29, 1.82) is 0 Å². The van der Waals surface area contributed by atoms with Crippen LogP contribution in [0.5, 0.6) is 11.5 Å². The summed E-state index contributed by atoms with van der Waals surface area (Å²) in [7, 11) is 0. The van der Waals surface area contributed by atoms with Crippen molar-refractivity contribution in [3.05, 3.63) is 118 Å². The van der Waals surface area contributed by atoms with E-state index in [4.69, 9.17) is 40.8 Å². The zero-order chi connectivity index (χ0) is 25.9. The fourth-order valence-electron chi connectivity index (χ4n) is 3.76. The second-order valence-corrected chi connectivity index (χ2v) is 9.19. The molecular formula is C28H18ClN3O3S2. The van der Waals surface area contributed by atoms with Crippen LogP contribution in [0.4, 0.5) is 5.69 Å². The number of rotatable bonds is 5. The van der Waals surface area contributed by atoms with Crippen molar-refractivity contribution >= 4 is 64.7 Å². The number of nitrogens with one attached hydrogen (secondary N) is 1. The lowest BCUT2D eigenvalue weighted by atomic mass is 10.1. The Balaban J connectivity index is 1.45. The fourth-order valence-corrected chi connectivity index (χ4v) is 4.46. The van der Waals surface area contributed by atoms with E-state index in [-0.39, 0.29) is 10.7 Å². The molecule has 0 atom stereocenters. The minimum Gasteiger partial charge on any atom is -0.457 e. The van der Waals surface area contributed by atoms with Gasteiger partial charge in [-0.25, -0.2) is 0 Å². The second-order valence-electron chi connectivity index (χ2n) is 7.98. The summed E-state index contributed by atoms with van der Waals surface area (Å²) in [5.41, 5.74) is 1.74.